The normalized spacial score (nSPS) is 14.3. The van der Waals surface area contributed by atoms with Crippen LogP contribution in [0.25, 0.3) is 6.08 Å². The first kappa shape index (κ1) is 20.7. The second-order valence-electron chi connectivity index (χ2n) is 6.45. The summed E-state index contributed by atoms with van der Waals surface area (Å²) in [6.07, 6.45) is 6.38. The fourth-order valence-electron chi connectivity index (χ4n) is 3.25. The first-order valence-corrected chi connectivity index (χ1v) is 12.0. The van der Waals surface area contributed by atoms with E-state index in [1.165, 1.54) is 17.2 Å². The molecule has 5 nitrogen and oxygen atoms in total. The van der Waals surface area contributed by atoms with Gasteiger partial charge in [-0.05, 0) is 55.6 Å². The highest BCUT2D eigenvalue weighted by atomic mass is 35.5. The van der Waals surface area contributed by atoms with Gasteiger partial charge < -0.3 is 9.88 Å². The first-order chi connectivity index (χ1) is 12.8. The lowest BCUT2D eigenvalue weighted by atomic mass is 9.97. The maximum Gasteiger partial charge on any atom is 0.271 e. The number of aromatic nitrogens is 1. The van der Waals surface area contributed by atoms with Crippen molar-refractivity contribution in [1.82, 2.24) is 14.6 Å². The number of aromatic amines is 1. The molecule has 3 rings (SSSR count). The molecule has 2 heterocycles. The lowest BCUT2D eigenvalue weighted by molar-refractivity contribution is 0.308. The molecule has 27 heavy (non-hydrogen) atoms. The summed E-state index contributed by atoms with van der Waals surface area (Å²) in [6.45, 7) is 7.47. The van der Waals surface area contributed by atoms with Gasteiger partial charge in [0.25, 0.3) is 10.0 Å². The number of halogens is 2. The minimum Gasteiger partial charge on any atom is -0.361 e. The predicted octanol–water partition coefficient (Wildman–Crippen LogP) is 4.53. The third-order valence-corrected chi connectivity index (χ3v) is 8.57. The minimum absolute atomic E-state index is 0.121. The van der Waals surface area contributed by atoms with Crippen molar-refractivity contribution in [1.29, 1.82) is 0 Å². The number of thiophene rings is 1. The molecular formula is C18H23Cl2N3O2S2. The molecule has 0 radical (unpaired) electrons. The fraction of sp³-hybridized carbons (Fsp3) is 0.444. The Morgan fingerprint density at radius 3 is 2.63 bits per heavy atom. The number of hydrogen-bond acceptors (Lipinski definition) is 4. The van der Waals surface area contributed by atoms with E-state index >= 15 is 0 Å². The third kappa shape index (κ3) is 4.71. The SMILES string of the molecule is CCN(CC)CCc1c[nH]c2c1CCC(NS(=O)(=O)c1cc(Cl)c(Cl)s1)=C2. The quantitative estimate of drug-likeness (QED) is 0.624. The molecule has 2 aromatic rings. The van der Waals surface area contributed by atoms with Gasteiger partial charge in [0.2, 0.25) is 0 Å². The van der Waals surface area contributed by atoms with Gasteiger partial charge in [0, 0.05) is 24.1 Å². The smallest absolute Gasteiger partial charge is 0.271 e. The van der Waals surface area contributed by atoms with Crippen LogP contribution in [0.5, 0.6) is 0 Å². The highest BCUT2D eigenvalue weighted by Crippen LogP contribution is 2.35. The van der Waals surface area contributed by atoms with Crippen molar-refractivity contribution in [2.45, 2.75) is 37.3 Å². The Labute approximate surface area is 174 Å². The van der Waals surface area contributed by atoms with Crippen molar-refractivity contribution >= 4 is 50.6 Å². The average molecular weight is 448 g/mol. The fourth-order valence-corrected chi connectivity index (χ4v) is 6.24. The number of H-pyrrole nitrogens is 1. The number of nitrogens with zero attached hydrogens (tertiary/aromatic N) is 1. The van der Waals surface area contributed by atoms with Crippen molar-refractivity contribution in [3.05, 3.63) is 44.1 Å². The number of rotatable bonds is 8. The number of likely N-dealkylation sites (N-methyl/N-ethyl adjacent to an activating group) is 1. The van der Waals surface area contributed by atoms with Gasteiger partial charge in [0.05, 0.1) is 5.02 Å². The molecule has 0 unspecified atom stereocenters. The highest BCUT2D eigenvalue weighted by molar-refractivity contribution is 7.91. The molecule has 1 aliphatic rings. The van der Waals surface area contributed by atoms with Gasteiger partial charge in [0.1, 0.15) is 8.55 Å². The van der Waals surface area contributed by atoms with Gasteiger partial charge in [-0.15, -0.1) is 11.3 Å². The maximum absolute atomic E-state index is 12.6. The zero-order valence-corrected chi connectivity index (χ0v) is 18.5. The van der Waals surface area contributed by atoms with Gasteiger partial charge in [0.15, 0.2) is 0 Å². The average Bonchev–Trinajstić information content (AvgIpc) is 3.19. The molecule has 148 valence electrons. The molecular weight excluding hydrogens is 425 g/mol. The van der Waals surface area contributed by atoms with Crippen LogP contribution >= 0.6 is 34.5 Å². The number of allylic oxidation sites excluding steroid dienone is 1. The summed E-state index contributed by atoms with van der Waals surface area (Å²) >= 11 is 12.7. The third-order valence-electron chi connectivity index (χ3n) is 4.82. The van der Waals surface area contributed by atoms with Gasteiger partial charge in [-0.1, -0.05) is 37.0 Å². The van der Waals surface area contributed by atoms with E-state index in [2.05, 4.69) is 28.5 Å². The molecule has 0 amide bonds. The molecule has 0 aliphatic heterocycles. The highest BCUT2D eigenvalue weighted by Gasteiger charge is 2.23. The van der Waals surface area contributed by atoms with Crippen LogP contribution in [-0.2, 0) is 22.9 Å². The van der Waals surface area contributed by atoms with E-state index in [0.29, 0.717) is 12.1 Å². The van der Waals surface area contributed by atoms with Crippen LogP contribution in [0.3, 0.4) is 0 Å². The standard InChI is InChI=1S/C18H23Cl2N3O2S2/c1-3-23(4-2)8-7-12-11-21-16-9-13(5-6-14(12)16)22-27(24,25)17-10-15(19)18(20)26-17/h9-11,21-22H,3-8H2,1-2H3. The van der Waals surface area contributed by atoms with E-state index in [1.807, 2.05) is 12.3 Å². The van der Waals surface area contributed by atoms with Gasteiger partial charge >= 0.3 is 0 Å². The Balaban J connectivity index is 1.73. The Bertz CT molecular complexity index is 924. The van der Waals surface area contributed by atoms with Gasteiger partial charge in [-0.25, -0.2) is 8.42 Å². The summed E-state index contributed by atoms with van der Waals surface area (Å²) in [4.78, 5) is 5.68. The van der Waals surface area contributed by atoms with Crippen molar-refractivity contribution in [3.63, 3.8) is 0 Å². The number of nitrogens with one attached hydrogen (secondary N) is 2. The zero-order valence-electron chi connectivity index (χ0n) is 15.3. The molecule has 2 aromatic heterocycles. The first-order valence-electron chi connectivity index (χ1n) is 8.93. The van der Waals surface area contributed by atoms with Crippen LogP contribution in [0, 0.1) is 0 Å². The molecule has 0 aromatic carbocycles. The molecule has 0 atom stereocenters. The van der Waals surface area contributed by atoms with Gasteiger partial charge in [-0.2, -0.15) is 0 Å². The van der Waals surface area contributed by atoms with Crippen LogP contribution < -0.4 is 4.72 Å². The molecule has 0 saturated carbocycles. The van der Waals surface area contributed by atoms with E-state index < -0.39 is 10.0 Å². The molecule has 0 saturated heterocycles. The Morgan fingerprint density at radius 2 is 2.00 bits per heavy atom. The summed E-state index contributed by atoms with van der Waals surface area (Å²) in [7, 11) is -3.67. The van der Waals surface area contributed by atoms with Crippen molar-refractivity contribution in [3.8, 4) is 0 Å². The van der Waals surface area contributed by atoms with Crippen molar-refractivity contribution in [2.24, 2.45) is 0 Å². The predicted molar refractivity (Wildman–Crippen MR) is 113 cm³/mol. The summed E-state index contributed by atoms with van der Waals surface area (Å²) < 4.78 is 28.2. The number of fused-ring (bicyclic) bond motifs is 1. The van der Waals surface area contributed by atoms with E-state index in [-0.39, 0.29) is 13.6 Å². The molecule has 1 aliphatic carbocycles. The minimum atomic E-state index is -3.67. The Hall–Kier alpha value is -0.990. The van der Waals surface area contributed by atoms with E-state index in [0.717, 1.165) is 49.5 Å². The largest absolute Gasteiger partial charge is 0.361 e. The summed E-state index contributed by atoms with van der Waals surface area (Å²) in [6, 6.07) is 1.38. The molecule has 9 heteroatoms. The van der Waals surface area contributed by atoms with E-state index in [4.69, 9.17) is 23.2 Å². The van der Waals surface area contributed by atoms with Crippen LogP contribution in [-0.4, -0.2) is 37.9 Å². The maximum atomic E-state index is 12.6. The number of hydrogen-bond donors (Lipinski definition) is 2. The van der Waals surface area contributed by atoms with E-state index in [9.17, 15) is 8.42 Å². The monoisotopic (exact) mass is 447 g/mol. The molecule has 2 N–H and O–H groups in total. The summed E-state index contributed by atoms with van der Waals surface area (Å²) in [5.41, 5.74) is 4.25. The number of sulfonamides is 1. The Morgan fingerprint density at radius 1 is 1.26 bits per heavy atom. The van der Waals surface area contributed by atoms with Crippen LogP contribution in [0.15, 0.2) is 22.2 Å². The van der Waals surface area contributed by atoms with Crippen LogP contribution in [0.4, 0.5) is 0 Å². The molecule has 0 fully saturated rings. The Kier molecular flexibility index (Phi) is 6.58. The van der Waals surface area contributed by atoms with Crippen molar-refractivity contribution in [2.75, 3.05) is 19.6 Å². The van der Waals surface area contributed by atoms with Crippen LogP contribution in [0.2, 0.25) is 9.36 Å². The summed E-state index contributed by atoms with van der Waals surface area (Å²) in [5.74, 6) is 0. The topological polar surface area (TPSA) is 65.2 Å². The van der Waals surface area contributed by atoms with Crippen molar-refractivity contribution < 1.29 is 8.42 Å². The second kappa shape index (κ2) is 8.57. The lowest BCUT2D eigenvalue weighted by Crippen LogP contribution is -2.26. The lowest BCUT2D eigenvalue weighted by Gasteiger charge is -2.19. The van der Waals surface area contributed by atoms with Crippen LogP contribution in [0.1, 0.15) is 37.1 Å². The van der Waals surface area contributed by atoms with Gasteiger partial charge in [-0.3, -0.25) is 4.72 Å². The molecule has 0 spiro atoms. The second-order valence-corrected chi connectivity index (χ2v) is 10.4. The zero-order chi connectivity index (χ0) is 19.6. The van der Waals surface area contributed by atoms with E-state index in [1.54, 1.807) is 0 Å². The molecule has 0 bridgehead atoms. The summed E-state index contributed by atoms with van der Waals surface area (Å²) in [5, 5.41) is 0.254.